The number of rotatable bonds is 3. The molecule has 0 atom stereocenters. The monoisotopic (exact) mass is 381 g/mol. The van der Waals surface area contributed by atoms with Crippen molar-refractivity contribution in [3.05, 3.63) is 70.6 Å². The molecule has 0 unspecified atom stereocenters. The van der Waals surface area contributed by atoms with Crippen molar-refractivity contribution in [2.45, 2.75) is 19.9 Å². The normalized spacial score (nSPS) is 13.2. The molecule has 0 saturated carbocycles. The van der Waals surface area contributed by atoms with E-state index in [0.717, 1.165) is 36.6 Å². The third-order valence-corrected chi connectivity index (χ3v) is 5.12. The SMILES string of the molecule is Cc1ccc(NC(=O)Nc2ccc3c(c2)CN(c2c[nH]cn2)CC3)cc1Cl. The molecule has 1 aliphatic heterocycles. The van der Waals surface area contributed by atoms with Gasteiger partial charge in [-0.3, -0.25) is 0 Å². The van der Waals surface area contributed by atoms with Crippen LogP contribution in [0.5, 0.6) is 0 Å². The van der Waals surface area contributed by atoms with E-state index in [1.54, 1.807) is 12.4 Å². The Bertz CT molecular complexity index is 971. The highest BCUT2D eigenvalue weighted by Crippen LogP contribution is 2.26. The molecule has 3 N–H and O–H groups in total. The Kier molecular flexibility index (Phi) is 4.73. The number of aromatic nitrogens is 2. The molecule has 0 bridgehead atoms. The summed E-state index contributed by atoms with van der Waals surface area (Å²) in [6.45, 7) is 3.62. The first-order valence-corrected chi connectivity index (χ1v) is 9.16. The molecule has 6 nitrogen and oxygen atoms in total. The van der Waals surface area contributed by atoms with E-state index in [0.29, 0.717) is 10.7 Å². The number of anilines is 3. The van der Waals surface area contributed by atoms with Crippen molar-refractivity contribution in [3.8, 4) is 0 Å². The quantitative estimate of drug-likeness (QED) is 0.621. The van der Waals surface area contributed by atoms with E-state index < -0.39 is 0 Å². The molecule has 1 aliphatic rings. The number of carbonyl (C=O) groups is 1. The van der Waals surface area contributed by atoms with E-state index in [-0.39, 0.29) is 6.03 Å². The molecule has 138 valence electrons. The van der Waals surface area contributed by atoms with Gasteiger partial charge in [0.1, 0.15) is 5.82 Å². The fraction of sp³-hybridized carbons (Fsp3) is 0.200. The molecule has 7 heteroatoms. The lowest BCUT2D eigenvalue weighted by Gasteiger charge is -2.29. The molecule has 0 radical (unpaired) electrons. The highest BCUT2D eigenvalue weighted by atomic mass is 35.5. The van der Waals surface area contributed by atoms with Crippen molar-refractivity contribution >= 4 is 34.8 Å². The molecule has 27 heavy (non-hydrogen) atoms. The van der Waals surface area contributed by atoms with Crippen LogP contribution < -0.4 is 15.5 Å². The van der Waals surface area contributed by atoms with Crippen molar-refractivity contribution in [2.75, 3.05) is 22.1 Å². The number of halogens is 1. The van der Waals surface area contributed by atoms with Crippen LogP contribution in [0.3, 0.4) is 0 Å². The fourth-order valence-corrected chi connectivity index (χ4v) is 3.40. The van der Waals surface area contributed by atoms with Gasteiger partial charge in [-0.15, -0.1) is 0 Å². The van der Waals surface area contributed by atoms with Crippen LogP contribution in [-0.2, 0) is 13.0 Å². The topological polar surface area (TPSA) is 73.1 Å². The van der Waals surface area contributed by atoms with Gasteiger partial charge in [-0.25, -0.2) is 9.78 Å². The zero-order chi connectivity index (χ0) is 18.8. The highest BCUT2D eigenvalue weighted by Gasteiger charge is 2.18. The summed E-state index contributed by atoms with van der Waals surface area (Å²) in [5.41, 5.74) is 4.89. The number of benzene rings is 2. The molecule has 0 saturated heterocycles. The minimum absolute atomic E-state index is 0.296. The third-order valence-electron chi connectivity index (χ3n) is 4.71. The lowest BCUT2D eigenvalue weighted by atomic mass is 9.99. The van der Waals surface area contributed by atoms with Crippen LogP contribution in [0.25, 0.3) is 0 Å². The summed E-state index contributed by atoms with van der Waals surface area (Å²) < 4.78 is 0. The number of aryl methyl sites for hydroxylation is 1. The minimum Gasteiger partial charge on any atom is -0.351 e. The summed E-state index contributed by atoms with van der Waals surface area (Å²) in [7, 11) is 0. The Morgan fingerprint density at radius 1 is 1.15 bits per heavy atom. The van der Waals surface area contributed by atoms with Crippen molar-refractivity contribution in [1.82, 2.24) is 9.97 Å². The summed E-state index contributed by atoms with van der Waals surface area (Å²) >= 11 is 6.11. The number of hydrogen-bond acceptors (Lipinski definition) is 3. The van der Waals surface area contributed by atoms with Crippen LogP contribution in [-0.4, -0.2) is 22.5 Å². The maximum atomic E-state index is 12.3. The zero-order valence-corrected chi connectivity index (χ0v) is 15.7. The summed E-state index contributed by atoms with van der Waals surface area (Å²) in [5.74, 6) is 0.938. The standard InChI is InChI=1S/C20H20ClN5O/c1-13-2-4-17(9-18(13)21)25-20(27)24-16-5-3-14-6-7-26(11-15(14)8-16)19-10-22-12-23-19/h2-5,8-10,12H,6-7,11H2,1H3,(H,22,23)(H2,24,25,27). The molecule has 4 rings (SSSR count). The molecular weight excluding hydrogens is 362 g/mol. The van der Waals surface area contributed by atoms with Crippen molar-refractivity contribution in [3.63, 3.8) is 0 Å². The van der Waals surface area contributed by atoms with Crippen LogP contribution in [0.4, 0.5) is 22.0 Å². The first-order valence-electron chi connectivity index (χ1n) is 8.78. The molecule has 2 heterocycles. The van der Waals surface area contributed by atoms with Gasteiger partial charge in [0.25, 0.3) is 0 Å². The number of imidazole rings is 1. The third kappa shape index (κ3) is 3.90. The maximum Gasteiger partial charge on any atom is 0.323 e. The fourth-order valence-electron chi connectivity index (χ4n) is 3.22. The first kappa shape index (κ1) is 17.4. The molecular formula is C20H20ClN5O. The maximum absolute atomic E-state index is 12.3. The summed E-state index contributed by atoms with van der Waals surface area (Å²) in [6, 6.07) is 11.2. The summed E-state index contributed by atoms with van der Waals surface area (Å²) in [5, 5.41) is 6.33. The number of urea groups is 1. The van der Waals surface area contributed by atoms with Crippen LogP contribution in [0.1, 0.15) is 16.7 Å². The van der Waals surface area contributed by atoms with E-state index in [1.165, 1.54) is 11.1 Å². The average Bonchev–Trinajstić information content (AvgIpc) is 3.19. The minimum atomic E-state index is -0.296. The molecule has 2 amide bonds. The van der Waals surface area contributed by atoms with Gasteiger partial charge in [0.2, 0.25) is 0 Å². The number of nitrogens with one attached hydrogen (secondary N) is 3. The van der Waals surface area contributed by atoms with Crippen LogP contribution in [0.15, 0.2) is 48.9 Å². The average molecular weight is 382 g/mol. The lowest BCUT2D eigenvalue weighted by Crippen LogP contribution is -2.30. The number of amides is 2. The first-order chi connectivity index (χ1) is 13.1. The Morgan fingerprint density at radius 2 is 1.93 bits per heavy atom. The second kappa shape index (κ2) is 7.32. The molecule has 0 spiro atoms. The Morgan fingerprint density at radius 3 is 2.67 bits per heavy atom. The van der Waals surface area contributed by atoms with Gasteiger partial charge in [-0.05, 0) is 54.3 Å². The van der Waals surface area contributed by atoms with Gasteiger partial charge >= 0.3 is 6.03 Å². The van der Waals surface area contributed by atoms with Crippen molar-refractivity contribution in [2.24, 2.45) is 0 Å². The van der Waals surface area contributed by atoms with E-state index >= 15 is 0 Å². The predicted molar refractivity (Wildman–Crippen MR) is 109 cm³/mol. The van der Waals surface area contributed by atoms with Crippen LogP contribution in [0.2, 0.25) is 5.02 Å². The van der Waals surface area contributed by atoms with E-state index in [1.807, 2.05) is 37.4 Å². The van der Waals surface area contributed by atoms with Crippen LogP contribution >= 0.6 is 11.6 Å². The van der Waals surface area contributed by atoms with E-state index in [4.69, 9.17) is 11.6 Å². The zero-order valence-electron chi connectivity index (χ0n) is 14.9. The van der Waals surface area contributed by atoms with E-state index in [2.05, 4.69) is 31.6 Å². The molecule has 1 aromatic heterocycles. The van der Waals surface area contributed by atoms with Crippen LogP contribution in [0, 0.1) is 6.92 Å². The van der Waals surface area contributed by atoms with Gasteiger partial charge in [-0.2, -0.15) is 0 Å². The molecule has 0 fully saturated rings. The molecule has 0 aliphatic carbocycles. The Labute approximate surface area is 162 Å². The Balaban J connectivity index is 1.45. The number of hydrogen-bond donors (Lipinski definition) is 3. The smallest absolute Gasteiger partial charge is 0.323 e. The van der Waals surface area contributed by atoms with Gasteiger partial charge in [-0.1, -0.05) is 23.7 Å². The second-order valence-electron chi connectivity index (χ2n) is 6.63. The number of fused-ring (bicyclic) bond motifs is 1. The van der Waals surface area contributed by atoms with E-state index in [9.17, 15) is 4.79 Å². The van der Waals surface area contributed by atoms with Gasteiger partial charge < -0.3 is 20.5 Å². The number of aromatic amines is 1. The summed E-state index contributed by atoms with van der Waals surface area (Å²) in [4.78, 5) is 21.8. The van der Waals surface area contributed by atoms with Gasteiger partial charge in [0.15, 0.2) is 0 Å². The molecule has 3 aromatic rings. The lowest BCUT2D eigenvalue weighted by molar-refractivity contribution is 0.262. The highest BCUT2D eigenvalue weighted by molar-refractivity contribution is 6.31. The number of carbonyl (C=O) groups excluding carboxylic acids is 1. The summed E-state index contributed by atoms with van der Waals surface area (Å²) in [6.07, 6.45) is 4.54. The second-order valence-corrected chi connectivity index (χ2v) is 7.03. The van der Waals surface area contributed by atoms with Crippen molar-refractivity contribution in [1.29, 1.82) is 0 Å². The van der Waals surface area contributed by atoms with Gasteiger partial charge in [0, 0.05) is 35.7 Å². The number of nitrogens with zero attached hydrogens (tertiary/aromatic N) is 2. The Hall–Kier alpha value is -2.99. The largest absolute Gasteiger partial charge is 0.351 e. The van der Waals surface area contributed by atoms with Gasteiger partial charge in [0.05, 0.1) is 6.33 Å². The van der Waals surface area contributed by atoms with Crippen molar-refractivity contribution < 1.29 is 4.79 Å². The molecule has 2 aromatic carbocycles. The predicted octanol–water partition coefficient (Wildman–Crippen LogP) is 4.58. The number of H-pyrrole nitrogens is 1.